The minimum absolute atomic E-state index is 0.103. The number of aromatic nitrogens is 3. The standard InChI is InChI=1S/C7H12N4O4S/c1-4(6(12)15-3)16(13,14)11-7-8-5(2)9-10-7/h4H,1-3H3,(H2,8,9,10,11). The number of esters is 1. The van der Waals surface area contributed by atoms with E-state index in [1.807, 2.05) is 0 Å². The SMILES string of the molecule is COC(=O)C(C)S(=O)(=O)Nc1n[nH]c(C)n1. The van der Waals surface area contributed by atoms with Crippen molar-refractivity contribution in [1.82, 2.24) is 15.2 Å². The lowest BCUT2D eigenvalue weighted by Gasteiger charge is -2.10. The van der Waals surface area contributed by atoms with Gasteiger partial charge in [0.25, 0.3) is 5.95 Å². The first-order chi connectivity index (χ1) is 7.36. The zero-order valence-corrected chi connectivity index (χ0v) is 9.83. The van der Waals surface area contributed by atoms with Crippen molar-refractivity contribution in [1.29, 1.82) is 0 Å². The summed E-state index contributed by atoms with van der Waals surface area (Å²) in [5, 5.41) is 4.74. The fourth-order valence-corrected chi connectivity index (χ4v) is 1.77. The third-order valence-electron chi connectivity index (χ3n) is 1.83. The number of carbonyl (C=O) groups is 1. The number of aromatic amines is 1. The zero-order chi connectivity index (χ0) is 12.3. The van der Waals surface area contributed by atoms with Crippen molar-refractivity contribution in [3.8, 4) is 0 Å². The van der Waals surface area contributed by atoms with Crippen LogP contribution in [0.15, 0.2) is 0 Å². The van der Waals surface area contributed by atoms with Gasteiger partial charge in [-0.1, -0.05) is 0 Å². The van der Waals surface area contributed by atoms with Crippen LogP contribution in [0.2, 0.25) is 0 Å². The summed E-state index contributed by atoms with van der Waals surface area (Å²) in [6.07, 6.45) is 0. The zero-order valence-electron chi connectivity index (χ0n) is 9.01. The highest BCUT2D eigenvalue weighted by Gasteiger charge is 2.29. The van der Waals surface area contributed by atoms with E-state index in [4.69, 9.17) is 0 Å². The monoisotopic (exact) mass is 248 g/mol. The maximum Gasteiger partial charge on any atom is 0.325 e. The molecule has 1 aromatic rings. The predicted octanol–water partition coefficient (Wildman–Crippen LogP) is -0.584. The normalized spacial score (nSPS) is 13.2. The number of sulfonamides is 1. The van der Waals surface area contributed by atoms with Crippen molar-refractivity contribution in [2.24, 2.45) is 0 Å². The van der Waals surface area contributed by atoms with E-state index in [1.54, 1.807) is 6.92 Å². The number of rotatable bonds is 4. The Morgan fingerprint density at radius 2 is 2.19 bits per heavy atom. The van der Waals surface area contributed by atoms with E-state index in [2.05, 4.69) is 24.6 Å². The topological polar surface area (TPSA) is 114 Å². The van der Waals surface area contributed by atoms with Gasteiger partial charge in [0.15, 0.2) is 5.25 Å². The van der Waals surface area contributed by atoms with Crippen molar-refractivity contribution in [2.75, 3.05) is 11.8 Å². The summed E-state index contributed by atoms with van der Waals surface area (Å²) in [6.45, 7) is 2.84. The third kappa shape index (κ3) is 2.69. The van der Waals surface area contributed by atoms with Gasteiger partial charge in [0.05, 0.1) is 7.11 Å². The van der Waals surface area contributed by atoms with Crippen LogP contribution in [0.5, 0.6) is 0 Å². The number of H-pyrrole nitrogens is 1. The first-order valence-corrected chi connectivity index (χ1v) is 5.90. The molecule has 0 spiro atoms. The minimum Gasteiger partial charge on any atom is -0.468 e. The van der Waals surface area contributed by atoms with Crippen molar-refractivity contribution < 1.29 is 17.9 Å². The summed E-state index contributed by atoms with van der Waals surface area (Å²) in [6, 6.07) is 0. The lowest BCUT2D eigenvalue weighted by Crippen LogP contribution is -2.33. The Morgan fingerprint density at radius 3 is 2.62 bits per heavy atom. The van der Waals surface area contributed by atoms with Crippen LogP contribution in [-0.2, 0) is 19.6 Å². The molecule has 0 radical (unpaired) electrons. The molecule has 0 bridgehead atoms. The number of nitrogens with one attached hydrogen (secondary N) is 2. The van der Waals surface area contributed by atoms with Crippen LogP contribution in [0.4, 0.5) is 5.95 Å². The smallest absolute Gasteiger partial charge is 0.325 e. The molecule has 90 valence electrons. The summed E-state index contributed by atoms with van der Waals surface area (Å²) in [5.41, 5.74) is 0. The van der Waals surface area contributed by atoms with Gasteiger partial charge in [-0.2, -0.15) is 4.98 Å². The molecule has 0 amide bonds. The van der Waals surface area contributed by atoms with E-state index in [9.17, 15) is 13.2 Å². The molecule has 1 aromatic heterocycles. The van der Waals surface area contributed by atoms with Crippen LogP contribution in [-0.4, -0.2) is 41.9 Å². The van der Waals surface area contributed by atoms with Crippen molar-refractivity contribution in [3.05, 3.63) is 5.82 Å². The Labute approximate surface area is 92.5 Å². The number of aryl methyl sites for hydroxylation is 1. The Morgan fingerprint density at radius 1 is 1.56 bits per heavy atom. The largest absolute Gasteiger partial charge is 0.468 e. The predicted molar refractivity (Wildman–Crippen MR) is 55.1 cm³/mol. The van der Waals surface area contributed by atoms with Gasteiger partial charge in [0.2, 0.25) is 10.0 Å². The maximum atomic E-state index is 11.6. The molecule has 1 rings (SSSR count). The number of methoxy groups -OCH3 is 1. The Balaban J connectivity index is 2.83. The number of hydrogen-bond donors (Lipinski definition) is 2. The van der Waals surface area contributed by atoms with Gasteiger partial charge < -0.3 is 4.74 Å². The average molecular weight is 248 g/mol. The van der Waals surface area contributed by atoms with Crippen LogP contribution in [0.25, 0.3) is 0 Å². The second kappa shape index (κ2) is 4.47. The summed E-state index contributed by atoms with van der Waals surface area (Å²) >= 11 is 0. The molecule has 0 aromatic carbocycles. The quantitative estimate of drug-likeness (QED) is 0.689. The molecule has 16 heavy (non-hydrogen) atoms. The molecule has 8 nitrogen and oxygen atoms in total. The number of anilines is 1. The van der Waals surface area contributed by atoms with Crippen molar-refractivity contribution in [2.45, 2.75) is 19.1 Å². The fraction of sp³-hybridized carbons (Fsp3) is 0.571. The minimum atomic E-state index is -3.88. The fourth-order valence-electron chi connectivity index (χ4n) is 0.897. The molecule has 9 heteroatoms. The van der Waals surface area contributed by atoms with Crippen molar-refractivity contribution >= 4 is 21.9 Å². The molecule has 0 saturated carbocycles. The van der Waals surface area contributed by atoms with Crippen LogP contribution < -0.4 is 4.72 Å². The number of nitrogens with zero attached hydrogens (tertiary/aromatic N) is 2. The number of hydrogen-bond acceptors (Lipinski definition) is 6. The van der Waals surface area contributed by atoms with Gasteiger partial charge in [-0.3, -0.25) is 9.89 Å². The Kier molecular flexibility index (Phi) is 3.48. The molecule has 0 fully saturated rings. The second-order valence-electron chi connectivity index (χ2n) is 3.06. The highest BCUT2D eigenvalue weighted by molar-refractivity contribution is 7.94. The van der Waals surface area contributed by atoms with Gasteiger partial charge in [0, 0.05) is 0 Å². The third-order valence-corrected chi connectivity index (χ3v) is 3.42. The first-order valence-electron chi connectivity index (χ1n) is 4.35. The highest BCUT2D eigenvalue weighted by atomic mass is 32.2. The van der Waals surface area contributed by atoms with Gasteiger partial charge in [0.1, 0.15) is 5.82 Å². The highest BCUT2D eigenvalue weighted by Crippen LogP contribution is 2.07. The summed E-state index contributed by atoms with van der Waals surface area (Å²) in [7, 11) is -2.76. The van der Waals surface area contributed by atoms with E-state index in [0.717, 1.165) is 7.11 Å². The molecule has 1 atom stereocenters. The summed E-state index contributed by atoms with van der Waals surface area (Å²) in [4.78, 5) is 14.8. The number of carbonyl (C=O) groups excluding carboxylic acids is 1. The van der Waals surface area contributed by atoms with Gasteiger partial charge >= 0.3 is 5.97 Å². The maximum absolute atomic E-state index is 11.6. The molecule has 0 saturated heterocycles. The van der Waals surface area contributed by atoms with E-state index in [0.29, 0.717) is 5.82 Å². The van der Waals surface area contributed by atoms with E-state index >= 15 is 0 Å². The second-order valence-corrected chi connectivity index (χ2v) is 5.06. The number of ether oxygens (including phenoxy) is 1. The Bertz CT molecular complexity index is 480. The summed E-state index contributed by atoms with van der Waals surface area (Å²) in [5.74, 6) is -0.489. The van der Waals surface area contributed by atoms with Gasteiger partial charge in [-0.05, 0) is 13.8 Å². The van der Waals surface area contributed by atoms with Gasteiger partial charge in [-0.25, -0.2) is 13.1 Å². The molecule has 0 aliphatic carbocycles. The van der Waals surface area contributed by atoms with Crippen LogP contribution in [0, 0.1) is 6.92 Å². The van der Waals surface area contributed by atoms with Crippen molar-refractivity contribution in [3.63, 3.8) is 0 Å². The first kappa shape index (κ1) is 12.4. The average Bonchev–Trinajstić information content (AvgIpc) is 2.60. The molecule has 0 aliphatic rings. The van der Waals surface area contributed by atoms with E-state index < -0.39 is 21.2 Å². The molecule has 2 N–H and O–H groups in total. The molecule has 0 aliphatic heterocycles. The summed E-state index contributed by atoms with van der Waals surface area (Å²) < 4.78 is 29.6. The molecular formula is C7H12N4O4S. The Hall–Kier alpha value is -1.64. The molecule has 1 heterocycles. The van der Waals surface area contributed by atoms with E-state index in [1.165, 1.54) is 6.92 Å². The lowest BCUT2D eigenvalue weighted by molar-refractivity contribution is -0.139. The van der Waals surface area contributed by atoms with Crippen LogP contribution in [0.3, 0.4) is 0 Å². The van der Waals surface area contributed by atoms with Crippen LogP contribution >= 0.6 is 0 Å². The van der Waals surface area contributed by atoms with Gasteiger partial charge in [-0.15, -0.1) is 5.10 Å². The van der Waals surface area contributed by atoms with Crippen LogP contribution in [0.1, 0.15) is 12.7 Å². The lowest BCUT2D eigenvalue weighted by atomic mass is 10.5. The molecular weight excluding hydrogens is 236 g/mol. The van der Waals surface area contributed by atoms with E-state index in [-0.39, 0.29) is 5.95 Å². The molecule has 1 unspecified atom stereocenters.